The number of hydroxylamine groups is 1. The van der Waals surface area contributed by atoms with Gasteiger partial charge in [-0.2, -0.15) is 5.06 Å². The number of nitrogens with zero attached hydrogens (tertiary/aromatic N) is 1. The van der Waals surface area contributed by atoms with Gasteiger partial charge < -0.3 is 38.0 Å². The molecule has 3 aliphatic rings. The fraction of sp³-hybridized carbons (Fsp3) is 0.692. The van der Waals surface area contributed by atoms with Crippen molar-refractivity contribution in [2.45, 2.75) is 155 Å². The molecule has 0 aliphatic carbocycles. The molecule has 3 aliphatic heterocycles. The summed E-state index contributed by atoms with van der Waals surface area (Å²) in [7, 11) is -2.59. The monoisotopic (exact) mass is 747 g/mol. The SMILES string of the molecule is C[C@@H]1/C=C\C(O)[C@H]2OC(C)(C)O[C@H]2C/C=C/c2cc(N(OCC3COC(C)(C)O3)C(=O)OC(C)(C)C)cc(O[Si](C)(C)C(C)(C)C)c2C(=O)O[C@H]1C. The molecule has 13 heteroatoms. The maximum atomic E-state index is 14.3. The molecule has 12 nitrogen and oxygen atoms in total. The minimum atomic E-state index is -2.59. The normalized spacial score (nSPS) is 29.2. The molecule has 2 unspecified atom stereocenters. The maximum Gasteiger partial charge on any atom is 0.439 e. The first-order chi connectivity index (χ1) is 23.8. The van der Waals surface area contributed by atoms with Crippen LogP contribution in [-0.4, -0.2) is 86.4 Å². The topological polar surface area (TPSA) is 131 Å². The molecule has 1 N–H and O–H groups in total. The van der Waals surface area contributed by atoms with Crippen LogP contribution in [0.3, 0.4) is 0 Å². The Morgan fingerprint density at radius 3 is 2.27 bits per heavy atom. The van der Waals surface area contributed by atoms with Crippen molar-refractivity contribution in [2.24, 2.45) is 5.92 Å². The molecule has 52 heavy (non-hydrogen) atoms. The number of carbonyl (C=O) groups is 2. The molecule has 0 bridgehead atoms. The molecule has 0 aromatic heterocycles. The van der Waals surface area contributed by atoms with Gasteiger partial charge in [-0.15, -0.1) is 0 Å². The Morgan fingerprint density at radius 1 is 1.00 bits per heavy atom. The van der Waals surface area contributed by atoms with E-state index in [9.17, 15) is 14.7 Å². The van der Waals surface area contributed by atoms with E-state index in [1.807, 2.05) is 46.8 Å². The van der Waals surface area contributed by atoms with Gasteiger partial charge >= 0.3 is 12.1 Å². The van der Waals surface area contributed by atoms with Crippen LogP contribution in [0.2, 0.25) is 18.1 Å². The number of aliphatic hydroxyl groups excluding tert-OH is 1. The van der Waals surface area contributed by atoms with Crippen LogP contribution in [0.15, 0.2) is 30.4 Å². The standard InChI is InChI=1S/C39H61NO11Si/c1-24-18-19-29(41)33-30(48-39(11,12)49-33)17-15-16-26-20-27(21-31(32(26)34(42)46-25(24)2)51-52(13,14)37(6,7)8)40(35(43)50-36(3,4)5)45-23-28-22-44-38(9,10)47-28/h15-16,18-21,24-25,28-30,33,41H,17,22-23H2,1-14H3/b16-15+,19-18-/t24-,25+,28?,29?,30+,33-/m1/s1. The van der Waals surface area contributed by atoms with Crippen molar-refractivity contribution in [1.29, 1.82) is 0 Å². The summed E-state index contributed by atoms with van der Waals surface area (Å²) < 4.78 is 42.8. The van der Waals surface area contributed by atoms with Crippen LogP contribution in [0, 0.1) is 5.92 Å². The Morgan fingerprint density at radius 2 is 1.67 bits per heavy atom. The van der Waals surface area contributed by atoms with E-state index in [0.29, 0.717) is 12.0 Å². The van der Waals surface area contributed by atoms with Crippen molar-refractivity contribution in [3.8, 4) is 5.75 Å². The second-order valence-electron chi connectivity index (χ2n) is 17.4. The van der Waals surface area contributed by atoms with E-state index < -0.39 is 68.1 Å². The van der Waals surface area contributed by atoms with Gasteiger partial charge in [-0.3, -0.25) is 4.84 Å². The molecule has 1 amide bonds. The van der Waals surface area contributed by atoms with Gasteiger partial charge in [0.2, 0.25) is 0 Å². The lowest BCUT2D eigenvalue weighted by atomic mass is 9.98. The van der Waals surface area contributed by atoms with Crippen LogP contribution in [0.5, 0.6) is 5.75 Å². The smallest absolute Gasteiger partial charge is 0.439 e. The molecule has 3 heterocycles. The molecule has 4 rings (SSSR count). The largest absolute Gasteiger partial charge is 0.543 e. The second-order valence-corrected chi connectivity index (χ2v) is 22.1. The molecule has 1 aromatic rings. The van der Waals surface area contributed by atoms with E-state index in [2.05, 4.69) is 33.9 Å². The molecular formula is C39H61NO11Si. The van der Waals surface area contributed by atoms with Gasteiger partial charge in [-0.05, 0) is 91.6 Å². The Balaban J connectivity index is 1.90. The summed E-state index contributed by atoms with van der Waals surface area (Å²) in [4.78, 5) is 34.3. The van der Waals surface area contributed by atoms with Gasteiger partial charge in [0.1, 0.15) is 47.9 Å². The number of cyclic esters (lactones) is 1. The van der Waals surface area contributed by atoms with E-state index in [1.165, 1.54) is 0 Å². The van der Waals surface area contributed by atoms with Gasteiger partial charge in [-0.1, -0.05) is 52.0 Å². The van der Waals surface area contributed by atoms with Crippen LogP contribution < -0.4 is 9.49 Å². The van der Waals surface area contributed by atoms with Gasteiger partial charge in [0.15, 0.2) is 11.6 Å². The number of aliphatic hydroxyl groups is 1. The first-order valence-corrected chi connectivity index (χ1v) is 21.1. The Hall–Kier alpha value is -2.78. The van der Waals surface area contributed by atoms with Crippen molar-refractivity contribution in [2.75, 3.05) is 18.3 Å². The number of ether oxygens (including phenoxy) is 6. The number of hydrogen-bond donors (Lipinski definition) is 1. The third-order valence-corrected chi connectivity index (χ3v) is 14.0. The predicted octanol–water partition coefficient (Wildman–Crippen LogP) is 7.93. The summed E-state index contributed by atoms with van der Waals surface area (Å²) >= 11 is 0. The van der Waals surface area contributed by atoms with Crippen molar-refractivity contribution in [3.05, 3.63) is 41.5 Å². The molecule has 2 saturated heterocycles. The van der Waals surface area contributed by atoms with Crippen LogP contribution >= 0.6 is 0 Å². The first-order valence-electron chi connectivity index (χ1n) is 18.2. The molecule has 2 fully saturated rings. The van der Waals surface area contributed by atoms with E-state index in [4.69, 9.17) is 37.7 Å². The zero-order valence-corrected chi connectivity index (χ0v) is 34.5. The zero-order chi connectivity index (χ0) is 39.0. The third-order valence-electron chi connectivity index (χ3n) is 9.61. The lowest BCUT2D eigenvalue weighted by molar-refractivity contribution is -0.152. The first kappa shape index (κ1) is 42.0. The number of carbonyl (C=O) groups excluding carboxylic acids is 2. The summed E-state index contributed by atoms with van der Waals surface area (Å²) in [5, 5.41) is 12.0. The minimum absolute atomic E-state index is 0.0164. The van der Waals surface area contributed by atoms with E-state index in [0.717, 1.165) is 5.06 Å². The van der Waals surface area contributed by atoms with Crippen LogP contribution in [-0.2, 0) is 33.3 Å². The van der Waals surface area contributed by atoms with Crippen molar-refractivity contribution < 1.29 is 52.4 Å². The van der Waals surface area contributed by atoms with Crippen molar-refractivity contribution in [3.63, 3.8) is 0 Å². The number of benzene rings is 1. The quantitative estimate of drug-likeness (QED) is 0.132. The predicted molar refractivity (Wildman–Crippen MR) is 201 cm³/mol. The zero-order valence-electron chi connectivity index (χ0n) is 33.5. The number of esters is 1. The number of amides is 1. The summed E-state index contributed by atoms with van der Waals surface area (Å²) in [6.07, 6.45) is 3.64. The number of hydrogen-bond acceptors (Lipinski definition) is 11. The van der Waals surface area contributed by atoms with Crippen LogP contribution in [0.25, 0.3) is 6.08 Å². The molecule has 1 aromatic carbocycles. The van der Waals surface area contributed by atoms with Crippen LogP contribution in [0.4, 0.5) is 10.5 Å². The van der Waals surface area contributed by atoms with E-state index in [1.54, 1.807) is 52.0 Å². The second kappa shape index (κ2) is 15.5. The summed E-state index contributed by atoms with van der Waals surface area (Å²) in [6.45, 7) is 27.0. The molecule has 292 valence electrons. The van der Waals surface area contributed by atoms with Gasteiger partial charge in [-0.25, -0.2) is 9.59 Å². The number of fused-ring (bicyclic) bond motifs is 2. The molecule has 0 radical (unpaired) electrons. The highest BCUT2D eigenvalue weighted by Crippen LogP contribution is 2.42. The van der Waals surface area contributed by atoms with Gasteiger partial charge in [0, 0.05) is 12.0 Å². The molecular weight excluding hydrogens is 687 g/mol. The number of anilines is 1. The van der Waals surface area contributed by atoms with E-state index >= 15 is 0 Å². The summed E-state index contributed by atoms with van der Waals surface area (Å²) in [6, 6.07) is 3.31. The summed E-state index contributed by atoms with van der Waals surface area (Å²) in [5.41, 5.74) is 0.0738. The average molecular weight is 748 g/mol. The van der Waals surface area contributed by atoms with Crippen LogP contribution in [0.1, 0.15) is 105 Å². The lowest BCUT2D eigenvalue weighted by Gasteiger charge is -2.37. The highest BCUT2D eigenvalue weighted by atomic mass is 28.4. The Bertz CT molecular complexity index is 1510. The highest BCUT2D eigenvalue weighted by Gasteiger charge is 2.44. The molecule has 0 spiro atoms. The molecule has 0 saturated carbocycles. The van der Waals surface area contributed by atoms with E-state index in [-0.39, 0.29) is 41.2 Å². The fourth-order valence-corrected chi connectivity index (χ4v) is 6.71. The number of rotatable bonds is 6. The average Bonchev–Trinajstić information content (AvgIpc) is 3.49. The Kier molecular flexibility index (Phi) is 12.5. The maximum absolute atomic E-state index is 14.3. The fourth-order valence-electron chi connectivity index (χ4n) is 5.69. The van der Waals surface area contributed by atoms with Crippen molar-refractivity contribution in [1.82, 2.24) is 0 Å². The lowest BCUT2D eigenvalue weighted by Crippen LogP contribution is -2.44. The van der Waals surface area contributed by atoms with Gasteiger partial charge in [0.25, 0.3) is 8.32 Å². The van der Waals surface area contributed by atoms with Crippen molar-refractivity contribution >= 4 is 32.1 Å². The highest BCUT2D eigenvalue weighted by molar-refractivity contribution is 6.74. The Labute approximate surface area is 310 Å². The van der Waals surface area contributed by atoms with Gasteiger partial charge in [0.05, 0.1) is 18.4 Å². The summed E-state index contributed by atoms with van der Waals surface area (Å²) in [5.74, 6) is -2.29. The third kappa shape index (κ3) is 10.7. The molecule has 6 atom stereocenters. The minimum Gasteiger partial charge on any atom is -0.543 e.